The van der Waals surface area contributed by atoms with Crippen LogP contribution in [0, 0.1) is 29.1 Å². The molecule has 53 nitrogen and oxygen atoms in total. The van der Waals surface area contributed by atoms with Gasteiger partial charge in [0.1, 0.15) is 103 Å². The maximum Gasteiger partial charge on any atom is 0.326 e. The molecular weight excluding hydrogens is 1920 g/mol. The van der Waals surface area contributed by atoms with Gasteiger partial charge in [-0.05, 0) is 167 Å². The fourth-order valence-electron chi connectivity index (χ4n) is 15.0. The van der Waals surface area contributed by atoms with E-state index in [2.05, 4.69) is 108 Å². The second-order valence-corrected chi connectivity index (χ2v) is 38.1. The van der Waals surface area contributed by atoms with E-state index in [4.69, 9.17) is 22.6 Å². The van der Waals surface area contributed by atoms with Gasteiger partial charge in [0.15, 0.2) is 5.96 Å². The van der Waals surface area contributed by atoms with E-state index in [-0.39, 0.29) is 126 Å². The van der Waals surface area contributed by atoms with Crippen LogP contribution in [0.2, 0.25) is 0 Å². The molecule has 2 heterocycles. The summed E-state index contributed by atoms with van der Waals surface area (Å²) in [5.41, 5.74) is 17.2. The molecule has 2 fully saturated rings. The predicted octanol–water partition coefficient (Wildman–Crippen LogP) is -9.34. The SMILES string of the molecule is CC[C@H](C)[C@H](NC(=O)[C@@H](NC(=O)[C@H](CCCCN)NC(=O)[C@H](CS)NC(=O)[C@@H](NC(=O)[C@H](CO)NC(=O)[C@H](CC(C)C)NC(=O)CNC(=O)[C@H](C)NC(=O)[C@H](C)NC(=O)[C@@H]1CCCN1C(=O)[C@H](CCCNC(=N)N)NC(=O)CNC(=O)[C@@H]1CCCN1C(=O)[C@@H](NC(=O)[C@@H](N)CC(C)C)[C@@H](C)O)[C@@H](C)O)[C@@H](C)O)C(=O)N[C@@H](CC(=O)O)C(=O)N[C@@H](CCSC)C(=O)N[C@@H](CCC(=O)O)C(=O)N[C@@H](CC(C)C)C(=O)O. The third-order valence-corrected chi connectivity index (χ3v) is 24.1. The van der Waals surface area contributed by atoms with E-state index in [0.717, 1.165) is 13.8 Å². The van der Waals surface area contributed by atoms with Gasteiger partial charge in [-0.3, -0.25) is 106 Å². The van der Waals surface area contributed by atoms with Crippen molar-refractivity contribution >= 4 is 160 Å². The fourth-order valence-corrected chi connectivity index (χ4v) is 15.8. The maximum atomic E-state index is 14.4. The predicted molar refractivity (Wildman–Crippen MR) is 519 cm³/mol. The van der Waals surface area contributed by atoms with Crippen molar-refractivity contribution in [1.29, 1.82) is 5.41 Å². The van der Waals surface area contributed by atoms with Crippen LogP contribution >= 0.6 is 24.4 Å². The van der Waals surface area contributed by atoms with Crippen LogP contribution in [0.4, 0.5) is 0 Å². The van der Waals surface area contributed by atoms with Crippen LogP contribution in [0.5, 0.6) is 0 Å². The Kier molecular flexibility index (Phi) is 57.5. The third-order valence-electron chi connectivity index (χ3n) is 23.1. The number of thiol groups is 1. The minimum absolute atomic E-state index is 0.0253. The summed E-state index contributed by atoms with van der Waals surface area (Å²) in [6.07, 6.45) is -4.45. The Labute approximate surface area is 839 Å². The summed E-state index contributed by atoms with van der Waals surface area (Å²) < 4.78 is 0. The lowest BCUT2D eigenvalue weighted by Crippen LogP contribution is -2.63. The number of nitrogens with two attached hydrogens (primary N) is 3. The smallest absolute Gasteiger partial charge is 0.326 e. The number of aliphatic hydroxyl groups is 4. The topological polar surface area (TPSA) is 842 Å². The zero-order chi connectivity index (χ0) is 109. The molecule has 2 aliphatic rings. The number of carboxylic acid groups (broad SMARTS) is 3. The Hall–Kier alpha value is -11.9. The zero-order valence-corrected chi connectivity index (χ0v) is 85.1. The largest absolute Gasteiger partial charge is 0.481 e. The van der Waals surface area contributed by atoms with Gasteiger partial charge in [-0.1, -0.05) is 61.8 Å². The number of hydrogen-bond donors (Lipinski definition) is 30. The van der Waals surface area contributed by atoms with Crippen molar-refractivity contribution in [2.75, 3.05) is 63.6 Å². The Morgan fingerprint density at radius 1 is 0.420 bits per heavy atom. The minimum atomic E-state index is -2.00. The molecule has 0 saturated carbocycles. The first-order valence-electron chi connectivity index (χ1n) is 47.6. The van der Waals surface area contributed by atoms with Gasteiger partial charge in [0.2, 0.25) is 112 Å². The summed E-state index contributed by atoms with van der Waals surface area (Å²) in [7, 11) is 0. The van der Waals surface area contributed by atoms with Gasteiger partial charge in [0.05, 0.1) is 50.5 Å². The summed E-state index contributed by atoms with van der Waals surface area (Å²) in [4.78, 5) is 301. The summed E-state index contributed by atoms with van der Waals surface area (Å²) in [5.74, 6) is -25.7. The van der Waals surface area contributed by atoms with Crippen molar-refractivity contribution < 1.29 is 141 Å². The van der Waals surface area contributed by atoms with Gasteiger partial charge >= 0.3 is 17.9 Å². The summed E-state index contributed by atoms with van der Waals surface area (Å²) in [5, 5.41) is 123. The number of nitrogens with zero attached hydrogens (tertiary/aromatic N) is 2. The van der Waals surface area contributed by atoms with E-state index >= 15 is 0 Å². The first kappa shape index (κ1) is 127. The van der Waals surface area contributed by atoms with Crippen LogP contribution in [0.1, 0.15) is 199 Å². The van der Waals surface area contributed by atoms with Crippen LogP contribution in [-0.4, -0.2) is 372 Å². The standard InChI is InChI=1S/C88H152N24O29S2/c1-15-44(8)66(82(135)103-56(36-65(121)122)77(130)102-53(27-32-143-14)74(127)101-52(25-26-64(119)120)73(126)104-57(87(140)141)35-43(6)7)107-84(137)68(48(12)115)108-75(128)51(21-16-17-28-89)100-79(132)59(40-142)106-83(136)67(47(11)114)109-78(131)58(39-113)105-76(129)55(34-42(4)5)99-63(118)37-94-70(123)45(9)96-71(124)46(10)97-81(134)61-24-20-30-111(61)85(138)54(22-18-29-93-88(91)92)98-62(117)38-95-80(133)60-23-19-31-112(60)86(139)69(49(13)116)110-72(125)50(90)33-41(2)3/h41-61,66-69,113-116,142H,15-40,89-90H2,1-14H3,(H,94,123)(H,95,133)(H,96,124)(H,97,134)(H,98,117)(H,99,118)(H,100,132)(H,101,127)(H,102,130)(H,103,135)(H,104,126)(H,105,129)(H,106,136)(H,107,137)(H,108,128)(H,109,131)(H,110,125)(H,119,120)(H,121,122)(H,140,141)(H4,91,92,93)/t44-,45-,46-,47+,48+,49+,50-,51-,52-,53-,54-,55-,56-,57-,58-,59-,60-,61-,66-,67-,68-,69-/m0/s1. The van der Waals surface area contributed by atoms with Crippen molar-refractivity contribution in [3.05, 3.63) is 0 Å². The molecule has 0 aromatic carbocycles. The molecule has 2 aliphatic heterocycles. The minimum Gasteiger partial charge on any atom is -0.481 e. The van der Waals surface area contributed by atoms with Crippen molar-refractivity contribution in [1.82, 2.24) is 106 Å². The number of guanidine groups is 1. The first-order valence-corrected chi connectivity index (χ1v) is 49.7. The van der Waals surface area contributed by atoms with Crippen molar-refractivity contribution in [2.24, 2.45) is 40.9 Å². The number of carbonyl (C=O) groups is 22. The maximum absolute atomic E-state index is 14.4. The Balaban J connectivity index is 2.23. The number of amides is 19. The Bertz CT molecular complexity index is 4350. The molecule has 143 heavy (non-hydrogen) atoms. The average molecular weight is 2070 g/mol. The number of unbranched alkanes of at least 4 members (excludes halogenated alkanes) is 1. The van der Waals surface area contributed by atoms with Crippen molar-refractivity contribution in [3.63, 3.8) is 0 Å². The highest BCUT2D eigenvalue weighted by Crippen LogP contribution is 2.24. The van der Waals surface area contributed by atoms with Gasteiger partial charge in [-0.15, -0.1) is 0 Å². The molecule has 0 aromatic heterocycles. The number of nitrogens with one attached hydrogen (secondary N) is 19. The highest BCUT2D eigenvalue weighted by Gasteiger charge is 2.45. The lowest BCUT2D eigenvalue weighted by Gasteiger charge is -2.31. The van der Waals surface area contributed by atoms with Crippen LogP contribution in [0.3, 0.4) is 0 Å². The van der Waals surface area contributed by atoms with E-state index in [1.54, 1.807) is 40.9 Å². The fraction of sp³-hybridized carbons (Fsp3) is 0.739. The molecule has 19 amide bonds. The molecule has 22 atom stereocenters. The van der Waals surface area contributed by atoms with Crippen LogP contribution in [-0.2, 0) is 105 Å². The molecule has 2 rings (SSSR count). The normalized spacial score (nSPS) is 17.6. The number of aliphatic carboxylic acids is 3. The molecule has 0 unspecified atom stereocenters. The van der Waals surface area contributed by atoms with Gasteiger partial charge < -0.3 is 158 Å². The lowest BCUT2D eigenvalue weighted by atomic mass is 9.96. The summed E-state index contributed by atoms with van der Waals surface area (Å²) in [6, 6.07) is -27.8. The number of carbonyl (C=O) groups excluding carboxylic acids is 19. The van der Waals surface area contributed by atoms with Crippen LogP contribution < -0.4 is 113 Å². The second kappa shape index (κ2) is 64.7. The first-order chi connectivity index (χ1) is 67.0. The Morgan fingerprint density at radius 2 is 0.839 bits per heavy atom. The molecule has 810 valence electrons. The summed E-state index contributed by atoms with van der Waals surface area (Å²) in [6.45, 7) is 17.0. The molecule has 0 bridgehead atoms. The zero-order valence-electron chi connectivity index (χ0n) is 83.4. The highest BCUT2D eigenvalue weighted by molar-refractivity contribution is 7.98. The molecular formula is C88H152N24O29S2. The molecule has 0 radical (unpaired) electrons. The van der Waals surface area contributed by atoms with E-state index in [0.29, 0.717) is 19.3 Å². The van der Waals surface area contributed by atoms with Crippen LogP contribution in [0.25, 0.3) is 0 Å². The van der Waals surface area contributed by atoms with Crippen molar-refractivity contribution in [2.45, 2.75) is 326 Å². The Morgan fingerprint density at radius 3 is 1.34 bits per heavy atom. The molecule has 32 N–H and O–H groups in total. The second-order valence-electron chi connectivity index (χ2n) is 36.8. The lowest BCUT2D eigenvalue weighted by molar-refractivity contribution is -0.144. The average Bonchev–Trinajstić information content (AvgIpc) is 1.73. The van der Waals surface area contributed by atoms with Gasteiger partial charge in [-0.25, -0.2) is 4.79 Å². The molecule has 55 heteroatoms. The monoisotopic (exact) mass is 2070 g/mol. The molecule has 2 saturated heterocycles. The van der Waals surface area contributed by atoms with E-state index in [1.165, 1.54) is 49.3 Å². The molecule has 0 aromatic rings. The number of thioether (sulfide) groups is 1. The van der Waals surface area contributed by atoms with Gasteiger partial charge in [0.25, 0.3) is 0 Å². The van der Waals surface area contributed by atoms with E-state index in [1.807, 2.05) is 13.8 Å². The van der Waals surface area contributed by atoms with E-state index in [9.17, 15) is 141 Å². The number of carboxylic acids is 3. The molecule has 0 spiro atoms. The van der Waals surface area contributed by atoms with Crippen LogP contribution in [0.15, 0.2) is 0 Å². The quantitative estimate of drug-likeness (QED) is 0.0116. The molecule has 0 aliphatic carbocycles. The van der Waals surface area contributed by atoms with E-state index < -0.39 is 308 Å². The number of hydrogen-bond acceptors (Lipinski definition) is 31. The van der Waals surface area contributed by atoms with Crippen molar-refractivity contribution in [3.8, 4) is 0 Å². The third kappa shape index (κ3) is 45.3. The summed E-state index contributed by atoms with van der Waals surface area (Å²) >= 11 is 5.40. The number of aliphatic hydroxyl groups excluding tert-OH is 4. The number of rotatable bonds is 66. The van der Waals surface area contributed by atoms with Gasteiger partial charge in [0, 0.05) is 31.8 Å². The highest BCUT2D eigenvalue weighted by atomic mass is 32.2. The number of likely N-dealkylation sites (tertiary alicyclic amines) is 2. The van der Waals surface area contributed by atoms with Gasteiger partial charge in [-0.2, -0.15) is 24.4 Å².